The Hall–Kier alpha value is -2.35. The van der Waals surface area contributed by atoms with E-state index < -0.39 is 5.60 Å². The highest BCUT2D eigenvalue weighted by atomic mass is 35.5. The van der Waals surface area contributed by atoms with Crippen LogP contribution in [0.25, 0.3) is 16.7 Å². The molecule has 1 aromatic carbocycles. The van der Waals surface area contributed by atoms with Gasteiger partial charge in [-0.15, -0.1) is 0 Å². The Bertz CT molecular complexity index is 1140. The molecule has 164 valence electrons. The predicted octanol–water partition coefficient (Wildman–Crippen LogP) is 5.34. The van der Waals surface area contributed by atoms with Crippen molar-refractivity contribution in [1.82, 2.24) is 19.4 Å². The fourth-order valence-corrected chi connectivity index (χ4v) is 4.24. The zero-order chi connectivity index (χ0) is 22.3. The number of aryl methyl sites for hydroxylation is 1. The minimum atomic E-state index is -0.561. The van der Waals surface area contributed by atoms with Gasteiger partial charge in [0.2, 0.25) is 0 Å². The van der Waals surface area contributed by atoms with Gasteiger partial charge in [-0.2, -0.15) is 0 Å². The molecule has 0 aliphatic carbocycles. The van der Waals surface area contributed by atoms with Crippen LogP contribution in [0.4, 0.5) is 4.79 Å². The number of hydrogen-bond acceptors (Lipinski definition) is 5. The van der Waals surface area contributed by atoms with Crippen LogP contribution in [-0.2, 0) is 9.47 Å². The van der Waals surface area contributed by atoms with Gasteiger partial charge < -0.3 is 9.47 Å². The molecule has 0 saturated carbocycles. The Morgan fingerprint density at radius 3 is 2.71 bits per heavy atom. The van der Waals surface area contributed by atoms with Crippen molar-refractivity contribution >= 4 is 40.3 Å². The highest BCUT2D eigenvalue weighted by Crippen LogP contribution is 2.33. The standard InChI is InChI=1S/C22H24Cl2N4O3/c1-13-9-14(28-18(23)10-16-19(24)25-12-26-20(16)28)5-6-15(13)17-11-30-8-7-27(17)21(29)31-22(2,3)4/h5-6,9-10,12,17H,7-8,11H2,1-4H3/t17-/m0/s1. The summed E-state index contributed by atoms with van der Waals surface area (Å²) in [5, 5.41) is 1.53. The first-order valence-electron chi connectivity index (χ1n) is 10.0. The Morgan fingerprint density at radius 2 is 2.00 bits per heavy atom. The Balaban J connectivity index is 1.70. The SMILES string of the molecule is Cc1cc(-n2c(Cl)cc3c(Cl)ncnc32)ccc1[C@@H]1COCCN1C(=O)OC(C)(C)C. The van der Waals surface area contributed by atoms with Crippen LogP contribution in [0.1, 0.15) is 37.9 Å². The molecule has 1 saturated heterocycles. The Labute approximate surface area is 190 Å². The topological polar surface area (TPSA) is 69.5 Å². The van der Waals surface area contributed by atoms with Crippen LogP contribution in [0.5, 0.6) is 0 Å². The van der Waals surface area contributed by atoms with E-state index in [-0.39, 0.29) is 12.1 Å². The van der Waals surface area contributed by atoms with Crippen molar-refractivity contribution in [3.8, 4) is 5.69 Å². The van der Waals surface area contributed by atoms with Crippen molar-refractivity contribution in [2.45, 2.75) is 39.3 Å². The molecule has 1 atom stereocenters. The average molecular weight is 463 g/mol. The molecule has 4 rings (SSSR count). The number of carbonyl (C=O) groups excluding carboxylic acids is 1. The second kappa shape index (κ2) is 8.30. The molecule has 1 amide bonds. The van der Waals surface area contributed by atoms with Crippen molar-refractivity contribution in [2.24, 2.45) is 0 Å². The maximum Gasteiger partial charge on any atom is 0.410 e. The van der Waals surface area contributed by atoms with Crippen molar-refractivity contribution < 1.29 is 14.3 Å². The number of benzene rings is 1. The number of fused-ring (bicyclic) bond motifs is 1. The molecule has 3 aromatic rings. The lowest BCUT2D eigenvalue weighted by Gasteiger charge is -2.37. The maximum atomic E-state index is 12.8. The van der Waals surface area contributed by atoms with E-state index in [4.69, 9.17) is 32.7 Å². The highest BCUT2D eigenvalue weighted by Gasteiger charge is 2.33. The normalized spacial score (nSPS) is 17.2. The Kier molecular flexibility index (Phi) is 5.85. The molecule has 1 fully saturated rings. The molecule has 0 unspecified atom stereocenters. The third kappa shape index (κ3) is 4.35. The van der Waals surface area contributed by atoms with E-state index in [1.807, 2.05) is 50.5 Å². The number of nitrogens with zero attached hydrogens (tertiary/aromatic N) is 4. The molecule has 7 nitrogen and oxygen atoms in total. The monoisotopic (exact) mass is 462 g/mol. The van der Waals surface area contributed by atoms with Gasteiger partial charge >= 0.3 is 6.09 Å². The third-order valence-corrected chi connectivity index (χ3v) is 5.71. The number of hydrogen-bond donors (Lipinski definition) is 0. The van der Waals surface area contributed by atoms with Crippen molar-refractivity contribution in [1.29, 1.82) is 0 Å². The second-order valence-corrected chi connectivity index (χ2v) is 9.25. The van der Waals surface area contributed by atoms with Gasteiger partial charge in [0.15, 0.2) is 5.65 Å². The number of halogens is 2. The molecule has 0 N–H and O–H groups in total. The number of carbonyl (C=O) groups is 1. The van der Waals surface area contributed by atoms with E-state index in [0.717, 1.165) is 16.8 Å². The summed E-state index contributed by atoms with van der Waals surface area (Å²) in [6, 6.07) is 7.48. The van der Waals surface area contributed by atoms with Crippen LogP contribution < -0.4 is 0 Å². The summed E-state index contributed by atoms with van der Waals surface area (Å²) >= 11 is 12.7. The van der Waals surface area contributed by atoms with E-state index >= 15 is 0 Å². The zero-order valence-corrected chi connectivity index (χ0v) is 19.4. The summed E-state index contributed by atoms with van der Waals surface area (Å²) in [4.78, 5) is 22.9. The van der Waals surface area contributed by atoms with E-state index in [0.29, 0.717) is 41.1 Å². The van der Waals surface area contributed by atoms with Crippen molar-refractivity contribution in [2.75, 3.05) is 19.8 Å². The van der Waals surface area contributed by atoms with Gasteiger partial charge in [-0.25, -0.2) is 14.8 Å². The molecule has 1 aliphatic rings. The lowest BCUT2D eigenvalue weighted by Crippen LogP contribution is -2.45. The van der Waals surface area contributed by atoms with Gasteiger partial charge in [-0.3, -0.25) is 9.47 Å². The van der Waals surface area contributed by atoms with Crippen molar-refractivity contribution in [3.05, 3.63) is 52.0 Å². The van der Waals surface area contributed by atoms with E-state index in [2.05, 4.69) is 9.97 Å². The summed E-state index contributed by atoms with van der Waals surface area (Å²) < 4.78 is 13.1. The summed E-state index contributed by atoms with van der Waals surface area (Å²) in [5.74, 6) is 0. The quantitative estimate of drug-likeness (QED) is 0.480. The van der Waals surface area contributed by atoms with E-state index in [1.54, 1.807) is 11.0 Å². The van der Waals surface area contributed by atoms with Gasteiger partial charge in [0.1, 0.15) is 22.2 Å². The van der Waals surface area contributed by atoms with Gasteiger partial charge in [0, 0.05) is 12.2 Å². The molecular formula is C22H24Cl2N4O3. The molecule has 2 aromatic heterocycles. The van der Waals surface area contributed by atoms with Gasteiger partial charge in [-0.1, -0.05) is 29.3 Å². The fourth-order valence-electron chi connectivity index (χ4n) is 3.77. The molecule has 1 aliphatic heterocycles. The summed E-state index contributed by atoms with van der Waals surface area (Å²) in [6.45, 7) is 8.96. The number of aromatic nitrogens is 3. The van der Waals surface area contributed by atoms with E-state index in [9.17, 15) is 4.79 Å². The van der Waals surface area contributed by atoms with Crippen LogP contribution in [0.3, 0.4) is 0 Å². The van der Waals surface area contributed by atoms with Crippen molar-refractivity contribution in [3.63, 3.8) is 0 Å². The lowest BCUT2D eigenvalue weighted by molar-refractivity contribution is -0.0332. The smallest absolute Gasteiger partial charge is 0.410 e. The van der Waals surface area contributed by atoms with Gasteiger partial charge in [0.25, 0.3) is 0 Å². The minimum Gasteiger partial charge on any atom is -0.444 e. The number of amides is 1. The van der Waals surface area contributed by atoms with E-state index in [1.165, 1.54) is 6.33 Å². The number of ether oxygens (including phenoxy) is 2. The molecule has 9 heteroatoms. The van der Waals surface area contributed by atoms with Crippen LogP contribution in [0.2, 0.25) is 10.3 Å². The second-order valence-electron chi connectivity index (χ2n) is 8.51. The molecule has 0 bridgehead atoms. The Morgan fingerprint density at radius 1 is 1.23 bits per heavy atom. The molecular weight excluding hydrogens is 439 g/mol. The third-order valence-electron chi connectivity index (χ3n) is 5.13. The predicted molar refractivity (Wildman–Crippen MR) is 120 cm³/mol. The summed E-state index contributed by atoms with van der Waals surface area (Å²) in [6.07, 6.45) is 1.08. The summed E-state index contributed by atoms with van der Waals surface area (Å²) in [5.41, 5.74) is 2.91. The first-order chi connectivity index (χ1) is 14.7. The maximum absolute atomic E-state index is 12.8. The van der Waals surface area contributed by atoms with Gasteiger partial charge in [-0.05, 0) is 57.0 Å². The average Bonchev–Trinajstić information content (AvgIpc) is 3.04. The first-order valence-corrected chi connectivity index (χ1v) is 10.8. The van der Waals surface area contributed by atoms with Gasteiger partial charge in [0.05, 0.1) is 24.6 Å². The molecule has 3 heterocycles. The van der Waals surface area contributed by atoms with Crippen LogP contribution >= 0.6 is 23.2 Å². The lowest BCUT2D eigenvalue weighted by atomic mass is 9.99. The first kappa shape index (κ1) is 21.9. The van der Waals surface area contributed by atoms with Crippen LogP contribution in [-0.4, -0.2) is 50.9 Å². The fraction of sp³-hybridized carbons (Fsp3) is 0.409. The largest absolute Gasteiger partial charge is 0.444 e. The highest BCUT2D eigenvalue weighted by molar-refractivity contribution is 6.36. The number of morpholine rings is 1. The molecule has 0 radical (unpaired) electrons. The zero-order valence-electron chi connectivity index (χ0n) is 17.9. The molecule has 0 spiro atoms. The van der Waals surface area contributed by atoms with Crippen LogP contribution in [0, 0.1) is 6.92 Å². The number of rotatable bonds is 2. The summed E-state index contributed by atoms with van der Waals surface area (Å²) in [7, 11) is 0. The van der Waals surface area contributed by atoms with Crippen LogP contribution in [0.15, 0.2) is 30.6 Å². The minimum absolute atomic E-state index is 0.230. The molecule has 31 heavy (non-hydrogen) atoms.